The van der Waals surface area contributed by atoms with E-state index in [1.54, 1.807) is 20.8 Å². The molecule has 17 heavy (non-hydrogen) atoms. The van der Waals surface area contributed by atoms with Gasteiger partial charge in [-0.25, -0.2) is 9.59 Å². The molecule has 1 N–H and O–H groups in total. The van der Waals surface area contributed by atoms with Gasteiger partial charge in [-0.3, -0.25) is 4.90 Å². The Kier molecular flexibility index (Phi) is 3.61. The van der Waals surface area contributed by atoms with Gasteiger partial charge in [0.05, 0.1) is 12.0 Å². The first-order valence-corrected chi connectivity index (χ1v) is 5.36. The summed E-state index contributed by atoms with van der Waals surface area (Å²) in [5.74, 6) is -1.03. The minimum absolute atomic E-state index is 0.0652. The van der Waals surface area contributed by atoms with Crippen molar-refractivity contribution >= 4 is 12.1 Å². The fraction of sp³-hybridized carbons (Fsp3) is 0.727. The molecule has 0 bridgehead atoms. The molecule has 6 nitrogen and oxygen atoms in total. The summed E-state index contributed by atoms with van der Waals surface area (Å²) in [5.41, 5.74) is -0.661. The highest BCUT2D eigenvalue weighted by Gasteiger charge is 2.41. The Morgan fingerprint density at radius 1 is 1.47 bits per heavy atom. The number of amides is 1. The molecule has 1 aliphatic heterocycles. The van der Waals surface area contributed by atoms with Crippen LogP contribution in [0.15, 0.2) is 0 Å². The quantitative estimate of drug-likeness (QED) is 0.696. The van der Waals surface area contributed by atoms with Crippen molar-refractivity contribution in [2.24, 2.45) is 5.92 Å². The van der Waals surface area contributed by atoms with Crippen molar-refractivity contribution in [2.45, 2.75) is 38.8 Å². The number of nitriles is 1. The summed E-state index contributed by atoms with van der Waals surface area (Å²) >= 11 is 0. The molecule has 0 spiro atoms. The molecule has 1 fully saturated rings. The Morgan fingerprint density at radius 3 is 2.47 bits per heavy atom. The summed E-state index contributed by atoms with van der Waals surface area (Å²) < 4.78 is 5.14. The van der Waals surface area contributed by atoms with Crippen LogP contribution >= 0.6 is 0 Å². The zero-order valence-corrected chi connectivity index (χ0v) is 10.1. The summed E-state index contributed by atoms with van der Waals surface area (Å²) in [4.78, 5) is 23.7. The van der Waals surface area contributed by atoms with Crippen molar-refractivity contribution in [3.8, 4) is 6.07 Å². The van der Waals surface area contributed by atoms with Crippen molar-refractivity contribution in [1.82, 2.24) is 4.90 Å². The number of hydrogen-bond acceptors (Lipinski definition) is 4. The maximum absolute atomic E-state index is 11.8. The Bertz CT molecular complexity index is 367. The van der Waals surface area contributed by atoms with Crippen molar-refractivity contribution in [3.05, 3.63) is 0 Å². The van der Waals surface area contributed by atoms with Gasteiger partial charge in [0.2, 0.25) is 0 Å². The number of carbonyl (C=O) groups is 2. The van der Waals surface area contributed by atoms with Crippen molar-refractivity contribution in [2.75, 3.05) is 6.54 Å². The first-order valence-electron chi connectivity index (χ1n) is 5.36. The van der Waals surface area contributed by atoms with E-state index in [9.17, 15) is 9.59 Å². The largest absolute Gasteiger partial charge is 0.465 e. The topological polar surface area (TPSA) is 90.6 Å². The van der Waals surface area contributed by atoms with Gasteiger partial charge in [-0.15, -0.1) is 0 Å². The lowest BCUT2D eigenvalue weighted by atomic mass is 10.1. The first kappa shape index (κ1) is 13.3. The number of rotatable bonds is 1. The standard InChI is InChI=1S/C11H16N2O4/c1-11(2,3)17-9(14)8-4-7(5-12)6-13(8)10(15)16/h7-8H,4,6H2,1-3H3,(H,15,16). The van der Waals surface area contributed by atoms with E-state index in [0.717, 1.165) is 4.90 Å². The smallest absolute Gasteiger partial charge is 0.408 e. The number of esters is 1. The van der Waals surface area contributed by atoms with E-state index in [-0.39, 0.29) is 13.0 Å². The van der Waals surface area contributed by atoms with Gasteiger partial charge in [0.1, 0.15) is 11.6 Å². The molecule has 94 valence electrons. The molecule has 0 aliphatic carbocycles. The number of likely N-dealkylation sites (tertiary alicyclic amines) is 1. The van der Waals surface area contributed by atoms with Gasteiger partial charge in [0.15, 0.2) is 0 Å². The van der Waals surface area contributed by atoms with Crippen LogP contribution in [0.2, 0.25) is 0 Å². The third-order valence-electron chi connectivity index (χ3n) is 2.41. The van der Waals surface area contributed by atoms with Crippen LogP contribution in [0.3, 0.4) is 0 Å². The lowest BCUT2D eigenvalue weighted by Gasteiger charge is -2.25. The molecule has 1 rings (SSSR count). The third kappa shape index (κ3) is 3.34. The molecule has 0 aromatic rings. The van der Waals surface area contributed by atoms with Gasteiger partial charge in [0, 0.05) is 6.54 Å². The Labute approximate surface area is 99.8 Å². The molecular weight excluding hydrogens is 224 g/mol. The summed E-state index contributed by atoms with van der Waals surface area (Å²) in [5, 5.41) is 17.7. The molecule has 0 saturated carbocycles. The number of nitrogens with zero attached hydrogens (tertiary/aromatic N) is 2. The summed E-state index contributed by atoms with van der Waals surface area (Å²) in [6, 6.07) is 1.12. The minimum Gasteiger partial charge on any atom is -0.465 e. The third-order valence-corrected chi connectivity index (χ3v) is 2.41. The summed E-state index contributed by atoms with van der Waals surface area (Å²) in [6.45, 7) is 5.21. The Morgan fingerprint density at radius 2 is 2.06 bits per heavy atom. The Hall–Kier alpha value is -1.77. The highest BCUT2D eigenvalue weighted by Crippen LogP contribution is 2.25. The molecule has 2 atom stereocenters. The van der Waals surface area contributed by atoms with Crippen LogP contribution in [0, 0.1) is 17.2 Å². The molecule has 0 radical (unpaired) electrons. The van der Waals surface area contributed by atoms with Crippen LogP contribution in [0.4, 0.5) is 4.79 Å². The van der Waals surface area contributed by atoms with Crippen molar-refractivity contribution in [1.29, 1.82) is 5.26 Å². The molecule has 1 amide bonds. The Balaban J connectivity index is 2.78. The number of ether oxygens (including phenoxy) is 1. The van der Waals surface area contributed by atoms with Gasteiger partial charge in [-0.2, -0.15) is 5.26 Å². The van der Waals surface area contributed by atoms with Gasteiger partial charge >= 0.3 is 12.1 Å². The molecule has 6 heteroatoms. The normalized spacial score (nSPS) is 24.2. The average molecular weight is 240 g/mol. The SMILES string of the molecule is CC(C)(C)OC(=O)C1CC(C#N)CN1C(=O)O. The molecule has 1 saturated heterocycles. The fourth-order valence-corrected chi connectivity index (χ4v) is 1.73. The van der Waals surface area contributed by atoms with E-state index in [1.165, 1.54) is 0 Å². The summed E-state index contributed by atoms with van der Waals surface area (Å²) in [7, 11) is 0. The zero-order chi connectivity index (χ0) is 13.2. The molecule has 0 aromatic heterocycles. The lowest BCUT2D eigenvalue weighted by molar-refractivity contribution is -0.159. The highest BCUT2D eigenvalue weighted by molar-refractivity contribution is 5.82. The average Bonchev–Trinajstić information content (AvgIpc) is 2.58. The van der Waals surface area contributed by atoms with Gasteiger partial charge in [0.25, 0.3) is 0 Å². The van der Waals surface area contributed by atoms with Crippen LogP contribution in [0.25, 0.3) is 0 Å². The molecular formula is C11H16N2O4. The van der Waals surface area contributed by atoms with Crippen LogP contribution in [-0.4, -0.2) is 40.3 Å². The maximum Gasteiger partial charge on any atom is 0.408 e. The maximum atomic E-state index is 11.8. The second-order valence-electron chi connectivity index (χ2n) is 5.05. The van der Waals surface area contributed by atoms with Crippen LogP contribution in [0.1, 0.15) is 27.2 Å². The number of carbonyl (C=O) groups excluding carboxylic acids is 1. The van der Waals surface area contributed by atoms with Crippen LogP contribution in [0.5, 0.6) is 0 Å². The minimum atomic E-state index is -1.20. The van der Waals surface area contributed by atoms with Gasteiger partial charge in [-0.05, 0) is 27.2 Å². The zero-order valence-electron chi connectivity index (χ0n) is 10.1. The molecule has 1 heterocycles. The lowest BCUT2D eigenvalue weighted by Crippen LogP contribution is -2.42. The molecule has 2 unspecified atom stereocenters. The van der Waals surface area contributed by atoms with Crippen molar-refractivity contribution in [3.63, 3.8) is 0 Å². The van der Waals surface area contributed by atoms with E-state index in [1.807, 2.05) is 6.07 Å². The van der Waals surface area contributed by atoms with E-state index in [4.69, 9.17) is 15.1 Å². The van der Waals surface area contributed by atoms with E-state index in [2.05, 4.69) is 0 Å². The second-order valence-corrected chi connectivity index (χ2v) is 5.05. The van der Waals surface area contributed by atoms with Gasteiger partial charge in [-0.1, -0.05) is 0 Å². The van der Waals surface area contributed by atoms with Crippen LogP contribution in [-0.2, 0) is 9.53 Å². The predicted octanol–water partition coefficient (Wildman–Crippen LogP) is 1.22. The molecule has 0 aromatic carbocycles. The van der Waals surface area contributed by atoms with E-state index >= 15 is 0 Å². The number of hydrogen-bond donors (Lipinski definition) is 1. The molecule has 1 aliphatic rings. The second kappa shape index (κ2) is 4.62. The highest BCUT2D eigenvalue weighted by atomic mass is 16.6. The van der Waals surface area contributed by atoms with Gasteiger partial charge < -0.3 is 9.84 Å². The summed E-state index contributed by atoms with van der Waals surface area (Å²) in [6.07, 6.45) is -0.990. The van der Waals surface area contributed by atoms with Crippen LogP contribution < -0.4 is 0 Å². The number of carboxylic acid groups (broad SMARTS) is 1. The first-order chi connectivity index (χ1) is 7.74. The predicted molar refractivity (Wildman–Crippen MR) is 58.1 cm³/mol. The van der Waals surface area contributed by atoms with E-state index in [0.29, 0.717) is 0 Å². The van der Waals surface area contributed by atoms with E-state index < -0.39 is 29.6 Å². The monoisotopic (exact) mass is 240 g/mol. The van der Waals surface area contributed by atoms with Crippen molar-refractivity contribution < 1.29 is 19.4 Å². The fourth-order valence-electron chi connectivity index (χ4n) is 1.73.